The Bertz CT molecular complexity index is 651. The molecule has 20 heavy (non-hydrogen) atoms. The molecule has 0 aliphatic heterocycles. The average Bonchev–Trinajstić information content (AvgIpc) is 2.42. The van der Waals surface area contributed by atoms with Crippen LogP contribution in [-0.2, 0) is 12.8 Å². The summed E-state index contributed by atoms with van der Waals surface area (Å²) in [6.45, 7) is 6.05. The topological polar surface area (TPSA) is 63.1 Å². The van der Waals surface area contributed by atoms with Crippen LogP contribution in [0.5, 0.6) is 0 Å². The largest absolute Gasteiger partial charge is 0.478 e. The fourth-order valence-electron chi connectivity index (χ4n) is 2.09. The summed E-state index contributed by atoms with van der Waals surface area (Å²) in [5.74, 6) is -0.310. The van der Waals surface area contributed by atoms with Crippen molar-refractivity contribution in [2.75, 3.05) is 0 Å². The van der Waals surface area contributed by atoms with Crippen LogP contribution in [0.25, 0.3) is 0 Å². The van der Waals surface area contributed by atoms with Gasteiger partial charge in [0, 0.05) is 12.6 Å². The van der Waals surface area contributed by atoms with Gasteiger partial charge in [-0.15, -0.1) is 0 Å². The molecule has 0 aliphatic carbocycles. The second-order valence-electron chi connectivity index (χ2n) is 4.90. The van der Waals surface area contributed by atoms with Crippen LogP contribution in [0.15, 0.2) is 24.4 Å². The summed E-state index contributed by atoms with van der Waals surface area (Å²) in [5.41, 5.74) is 4.41. The Kier molecular flexibility index (Phi) is 4.13. The third-order valence-electron chi connectivity index (χ3n) is 3.42. The van der Waals surface area contributed by atoms with Gasteiger partial charge in [-0.25, -0.2) is 14.8 Å². The van der Waals surface area contributed by atoms with Crippen molar-refractivity contribution in [3.05, 3.63) is 58.2 Å². The van der Waals surface area contributed by atoms with Crippen molar-refractivity contribution >= 4 is 5.97 Å². The normalized spacial score (nSPS) is 10.6. The van der Waals surface area contributed by atoms with Crippen LogP contribution < -0.4 is 0 Å². The second-order valence-corrected chi connectivity index (χ2v) is 4.90. The van der Waals surface area contributed by atoms with Crippen LogP contribution in [0.3, 0.4) is 0 Å². The minimum absolute atomic E-state index is 0.191. The predicted molar refractivity (Wildman–Crippen MR) is 77.1 cm³/mol. The molecular weight excluding hydrogens is 252 g/mol. The molecule has 1 N–H and O–H groups in total. The van der Waals surface area contributed by atoms with Gasteiger partial charge in [0.2, 0.25) is 0 Å². The molecule has 0 saturated carbocycles. The average molecular weight is 270 g/mol. The van der Waals surface area contributed by atoms with Crippen LogP contribution in [0, 0.1) is 13.8 Å². The highest BCUT2D eigenvalue weighted by atomic mass is 16.4. The van der Waals surface area contributed by atoms with Gasteiger partial charge in [-0.2, -0.15) is 0 Å². The zero-order valence-corrected chi connectivity index (χ0v) is 12.0. The molecule has 0 bridgehead atoms. The van der Waals surface area contributed by atoms with Gasteiger partial charge in [-0.05, 0) is 37.0 Å². The van der Waals surface area contributed by atoms with Crippen molar-refractivity contribution in [2.45, 2.75) is 33.6 Å². The molecular formula is C16H18N2O2. The van der Waals surface area contributed by atoms with E-state index in [-0.39, 0.29) is 5.56 Å². The highest BCUT2D eigenvalue weighted by Crippen LogP contribution is 2.14. The molecule has 0 radical (unpaired) electrons. The Morgan fingerprint density at radius 1 is 1.25 bits per heavy atom. The number of hydrogen-bond acceptors (Lipinski definition) is 3. The maximum Gasteiger partial charge on any atom is 0.339 e. The summed E-state index contributed by atoms with van der Waals surface area (Å²) in [7, 11) is 0. The minimum Gasteiger partial charge on any atom is -0.478 e. The summed E-state index contributed by atoms with van der Waals surface area (Å²) in [6.07, 6.45) is 2.61. The van der Waals surface area contributed by atoms with Gasteiger partial charge in [-0.1, -0.05) is 25.1 Å². The van der Waals surface area contributed by atoms with Crippen molar-refractivity contribution in [1.82, 2.24) is 9.97 Å². The summed E-state index contributed by atoms with van der Waals surface area (Å²) >= 11 is 0. The molecule has 2 aromatic rings. The van der Waals surface area contributed by atoms with Crippen molar-refractivity contribution in [1.29, 1.82) is 0 Å². The Morgan fingerprint density at radius 2 is 2.00 bits per heavy atom. The third kappa shape index (κ3) is 3.02. The summed E-state index contributed by atoms with van der Waals surface area (Å²) in [6, 6.07) is 6.26. The number of nitrogens with zero attached hydrogens (tertiary/aromatic N) is 2. The molecule has 0 saturated heterocycles. The molecule has 0 unspecified atom stereocenters. The van der Waals surface area contributed by atoms with E-state index in [0.717, 1.165) is 5.56 Å². The lowest BCUT2D eigenvalue weighted by atomic mass is 10.0. The number of benzene rings is 1. The maximum absolute atomic E-state index is 11.1. The van der Waals surface area contributed by atoms with E-state index in [0.29, 0.717) is 24.4 Å². The minimum atomic E-state index is -0.973. The first-order valence-corrected chi connectivity index (χ1v) is 6.65. The highest BCUT2D eigenvalue weighted by molar-refractivity contribution is 5.88. The molecule has 1 heterocycles. The van der Waals surface area contributed by atoms with E-state index in [9.17, 15) is 4.79 Å². The molecule has 4 heteroatoms. The molecule has 0 spiro atoms. The number of carbonyl (C=O) groups is 1. The lowest BCUT2D eigenvalue weighted by Crippen LogP contribution is -2.08. The zero-order chi connectivity index (χ0) is 14.7. The predicted octanol–water partition coefficient (Wildman–Crippen LogP) is 2.94. The first-order chi connectivity index (χ1) is 9.51. The standard InChI is InChI=1S/C16H18N2O2/c1-4-14-13(16(19)20)9-17-15(18-14)8-12-6-5-10(2)11(3)7-12/h5-7,9H,4,8H2,1-3H3,(H,19,20). The van der Waals surface area contributed by atoms with Crippen LogP contribution in [-0.4, -0.2) is 21.0 Å². The maximum atomic E-state index is 11.1. The van der Waals surface area contributed by atoms with Gasteiger partial charge in [0.15, 0.2) is 0 Å². The van der Waals surface area contributed by atoms with E-state index in [1.165, 1.54) is 17.3 Å². The van der Waals surface area contributed by atoms with Crippen LogP contribution >= 0.6 is 0 Å². The monoisotopic (exact) mass is 270 g/mol. The Labute approximate surface area is 118 Å². The van der Waals surface area contributed by atoms with Gasteiger partial charge in [0.05, 0.1) is 11.3 Å². The molecule has 0 aliphatic rings. The first kappa shape index (κ1) is 14.2. The van der Waals surface area contributed by atoms with Crippen molar-refractivity contribution in [3.63, 3.8) is 0 Å². The molecule has 104 valence electrons. The van der Waals surface area contributed by atoms with Crippen molar-refractivity contribution in [3.8, 4) is 0 Å². The van der Waals surface area contributed by atoms with E-state index in [1.54, 1.807) is 0 Å². The summed E-state index contributed by atoms with van der Waals surface area (Å²) < 4.78 is 0. The lowest BCUT2D eigenvalue weighted by Gasteiger charge is -2.07. The summed E-state index contributed by atoms with van der Waals surface area (Å²) in [5, 5.41) is 9.06. The van der Waals surface area contributed by atoms with Gasteiger partial charge in [-0.3, -0.25) is 0 Å². The van der Waals surface area contributed by atoms with Gasteiger partial charge < -0.3 is 5.11 Å². The SMILES string of the molecule is CCc1nc(Cc2ccc(C)c(C)c2)ncc1C(=O)O. The zero-order valence-electron chi connectivity index (χ0n) is 12.0. The van der Waals surface area contributed by atoms with E-state index in [2.05, 4.69) is 42.0 Å². The van der Waals surface area contributed by atoms with Gasteiger partial charge in [0.25, 0.3) is 0 Å². The molecule has 4 nitrogen and oxygen atoms in total. The molecule has 1 aromatic carbocycles. The number of hydrogen-bond donors (Lipinski definition) is 1. The van der Waals surface area contributed by atoms with Crippen LogP contribution in [0.4, 0.5) is 0 Å². The molecule has 0 amide bonds. The van der Waals surface area contributed by atoms with Gasteiger partial charge in [0.1, 0.15) is 5.82 Å². The molecule has 0 atom stereocenters. The number of aryl methyl sites for hydroxylation is 3. The fraction of sp³-hybridized carbons (Fsp3) is 0.312. The fourth-order valence-corrected chi connectivity index (χ4v) is 2.09. The number of aromatic carboxylic acids is 1. The van der Waals surface area contributed by atoms with Crippen molar-refractivity contribution < 1.29 is 9.90 Å². The van der Waals surface area contributed by atoms with E-state index < -0.39 is 5.97 Å². The quantitative estimate of drug-likeness (QED) is 0.927. The van der Waals surface area contributed by atoms with Crippen molar-refractivity contribution in [2.24, 2.45) is 0 Å². The smallest absolute Gasteiger partial charge is 0.339 e. The highest BCUT2D eigenvalue weighted by Gasteiger charge is 2.12. The molecule has 0 fully saturated rings. The number of rotatable bonds is 4. The third-order valence-corrected chi connectivity index (χ3v) is 3.42. The van der Waals surface area contributed by atoms with Crippen LogP contribution in [0.2, 0.25) is 0 Å². The molecule has 2 rings (SSSR count). The lowest BCUT2D eigenvalue weighted by molar-refractivity contribution is 0.0694. The molecule has 1 aromatic heterocycles. The Balaban J connectivity index is 2.29. The number of carboxylic acid groups (broad SMARTS) is 1. The number of aromatic nitrogens is 2. The second kappa shape index (κ2) is 5.82. The first-order valence-electron chi connectivity index (χ1n) is 6.65. The number of carboxylic acids is 1. The Morgan fingerprint density at radius 3 is 2.60 bits per heavy atom. The van der Waals surface area contributed by atoms with Crippen LogP contribution in [0.1, 0.15) is 45.5 Å². The van der Waals surface area contributed by atoms with E-state index in [1.807, 2.05) is 6.92 Å². The van der Waals surface area contributed by atoms with Gasteiger partial charge >= 0.3 is 5.97 Å². The Hall–Kier alpha value is -2.23. The van der Waals surface area contributed by atoms with E-state index in [4.69, 9.17) is 5.11 Å². The summed E-state index contributed by atoms with van der Waals surface area (Å²) in [4.78, 5) is 19.6. The van der Waals surface area contributed by atoms with E-state index >= 15 is 0 Å².